The van der Waals surface area contributed by atoms with Gasteiger partial charge in [-0.2, -0.15) is 11.8 Å². The number of Topliss-reactive ketones (excluding diaryl/α,β-unsaturated/α-hetero) is 1. The molecule has 0 aliphatic rings. The quantitative estimate of drug-likeness (QED) is 0.752. The van der Waals surface area contributed by atoms with Gasteiger partial charge < -0.3 is 0 Å². The summed E-state index contributed by atoms with van der Waals surface area (Å²) in [4.78, 5) is 11.7. The Bertz CT molecular complexity index is 364. The van der Waals surface area contributed by atoms with E-state index in [0.29, 0.717) is 26.6 Å². The maximum absolute atomic E-state index is 11.7. The third-order valence-electron chi connectivity index (χ3n) is 1.79. The van der Waals surface area contributed by atoms with Gasteiger partial charge in [0.15, 0.2) is 5.78 Å². The summed E-state index contributed by atoms with van der Waals surface area (Å²) in [6.45, 7) is 4.12. The molecule has 0 saturated heterocycles. The summed E-state index contributed by atoms with van der Waals surface area (Å²) >= 11 is 13.2. The van der Waals surface area contributed by atoms with Gasteiger partial charge in [0, 0.05) is 5.56 Å². The highest BCUT2D eigenvalue weighted by Crippen LogP contribution is 2.23. The van der Waals surface area contributed by atoms with Crippen molar-refractivity contribution in [3.05, 3.63) is 33.8 Å². The molecule has 0 bridgehead atoms. The molecule has 0 fully saturated rings. The van der Waals surface area contributed by atoms with Crippen molar-refractivity contribution in [2.24, 2.45) is 0 Å². The fourth-order valence-corrected chi connectivity index (χ4v) is 1.94. The lowest BCUT2D eigenvalue weighted by Gasteiger charge is -2.04. The van der Waals surface area contributed by atoms with Crippen molar-refractivity contribution in [1.29, 1.82) is 0 Å². The second-order valence-corrected chi connectivity index (χ2v) is 5.79. The summed E-state index contributed by atoms with van der Waals surface area (Å²) < 4.78 is 0. The van der Waals surface area contributed by atoms with Gasteiger partial charge in [-0.05, 0) is 23.4 Å². The number of ketones is 1. The molecule has 0 aliphatic heterocycles. The summed E-state index contributed by atoms with van der Waals surface area (Å²) in [6, 6.07) is 4.97. The van der Waals surface area contributed by atoms with Gasteiger partial charge in [-0.15, -0.1) is 0 Å². The van der Waals surface area contributed by atoms with Crippen LogP contribution in [0.5, 0.6) is 0 Å². The number of thioether (sulfide) groups is 1. The zero-order chi connectivity index (χ0) is 11.4. The predicted molar refractivity (Wildman–Crippen MR) is 68.4 cm³/mol. The summed E-state index contributed by atoms with van der Waals surface area (Å²) in [5.41, 5.74) is 0.623. The zero-order valence-corrected chi connectivity index (χ0v) is 10.9. The molecule has 0 aromatic heterocycles. The maximum atomic E-state index is 11.7. The van der Waals surface area contributed by atoms with Crippen LogP contribution in [0.2, 0.25) is 10.0 Å². The van der Waals surface area contributed by atoms with E-state index in [2.05, 4.69) is 13.8 Å². The second kappa shape index (κ2) is 5.78. The number of carbonyl (C=O) groups is 1. The minimum Gasteiger partial charge on any atom is -0.293 e. The van der Waals surface area contributed by atoms with Crippen molar-refractivity contribution in [2.45, 2.75) is 19.1 Å². The molecule has 0 spiro atoms. The fourth-order valence-electron chi connectivity index (χ4n) is 0.995. The summed E-state index contributed by atoms with van der Waals surface area (Å²) in [6.07, 6.45) is 0. The number of hydrogen-bond donors (Lipinski definition) is 0. The van der Waals surface area contributed by atoms with Crippen molar-refractivity contribution in [1.82, 2.24) is 0 Å². The zero-order valence-electron chi connectivity index (χ0n) is 8.59. The third kappa shape index (κ3) is 4.06. The molecule has 15 heavy (non-hydrogen) atoms. The number of hydrogen-bond acceptors (Lipinski definition) is 2. The number of halogens is 2. The Hall–Kier alpha value is -0.180. The van der Waals surface area contributed by atoms with E-state index in [9.17, 15) is 4.79 Å². The molecule has 0 N–H and O–H groups in total. The average molecular weight is 263 g/mol. The van der Waals surface area contributed by atoms with Crippen LogP contribution < -0.4 is 0 Å². The maximum Gasteiger partial charge on any atom is 0.172 e. The van der Waals surface area contributed by atoms with Crippen LogP contribution in [0.3, 0.4) is 0 Å². The molecular weight excluding hydrogens is 251 g/mol. The molecule has 82 valence electrons. The molecule has 1 aromatic rings. The van der Waals surface area contributed by atoms with E-state index in [1.165, 1.54) is 0 Å². The van der Waals surface area contributed by atoms with Gasteiger partial charge in [0.25, 0.3) is 0 Å². The van der Waals surface area contributed by atoms with E-state index in [4.69, 9.17) is 23.2 Å². The first kappa shape index (κ1) is 12.9. The Kier molecular flexibility index (Phi) is 4.97. The predicted octanol–water partition coefficient (Wildman–Crippen LogP) is 4.32. The Balaban J connectivity index is 2.70. The number of benzene rings is 1. The van der Waals surface area contributed by atoms with Crippen LogP contribution in [0.4, 0.5) is 0 Å². The third-order valence-corrected chi connectivity index (χ3v) is 3.62. The van der Waals surface area contributed by atoms with Crippen molar-refractivity contribution in [3.63, 3.8) is 0 Å². The Morgan fingerprint density at radius 1 is 1.33 bits per heavy atom. The summed E-state index contributed by atoms with van der Waals surface area (Å²) in [5.74, 6) is 0.572. The second-order valence-electron chi connectivity index (χ2n) is 3.41. The molecule has 1 aromatic carbocycles. The van der Waals surface area contributed by atoms with Gasteiger partial charge in [-0.1, -0.05) is 37.0 Å². The van der Waals surface area contributed by atoms with Gasteiger partial charge in [-0.25, -0.2) is 0 Å². The van der Waals surface area contributed by atoms with Crippen molar-refractivity contribution in [3.8, 4) is 0 Å². The van der Waals surface area contributed by atoms with Gasteiger partial charge in [0.1, 0.15) is 0 Å². The Morgan fingerprint density at radius 2 is 2.00 bits per heavy atom. The van der Waals surface area contributed by atoms with Crippen LogP contribution in [0.1, 0.15) is 24.2 Å². The van der Waals surface area contributed by atoms with Crippen molar-refractivity contribution < 1.29 is 4.79 Å². The lowest BCUT2D eigenvalue weighted by molar-refractivity contribution is 0.102. The first-order chi connectivity index (χ1) is 7.00. The molecule has 0 radical (unpaired) electrons. The van der Waals surface area contributed by atoms with Crippen molar-refractivity contribution in [2.75, 3.05) is 5.75 Å². The molecule has 1 nitrogen and oxygen atoms in total. The van der Waals surface area contributed by atoms with Crippen LogP contribution in [0.25, 0.3) is 0 Å². The molecule has 4 heteroatoms. The molecule has 0 atom stereocenters. The largest absolute Gasteiger partial charge is 0.293 e. The van der Waals surface area contributed by atoms with Crippen LogP contribution in [-0.2, 0) is 0 Å². The molecule has 0 heterocycles. The Labute approximate surface area is 104 Å². The minimum atomic E-state index is 0.0901. The highest BCUT2D eigenvalue weighted by Gasteiger charge is 2.09. The van der Waals surface area contributed by atoms with E-state index in [1.54, 1.807) is 30.0 Å². The van der Waals surface area contributed by atoms with Crippen molar-refractivity contribution >= 4 is 40.7 Å². The molecule has 0 aliphatic carbocycles. The normalized spacial score (nSPS) is 10.7. The first-order valence-electron chi connectivity index (χ1n) is 4.60. The van der Waals surface area contributed by atoms with Crippen LogP contribution in [0, 0.1) is 0 Å². The SMILES string of the molecule is CC(C)SCC(=O)c1ccc(Cl)c(Cl)c1. The highest BCUT2D eigenvalue weighted by molar-refractivity contribution is 8.00. The van der Waals surface area contributed by atoms with E-state index >= 15 is 0 Å². The Morgan fingerprint density at radius 3 is 2.53 bits per heavy atom. The molecular formula is C11H12Cl2OS. The van der Waals surface area contributed by atoms with Gasteiger partial charge in [-0.3, -0.25) is 4.79 Å². The molecule has 0 saturated carbocycles. The van der Waals surface area contributed by atoms with E-state index < -0.39 is 0 Å². The topological polar surface area (TPSA) is 17.1 Å². The van der Waals surface area contributed by atoms with E-state index in [-0.39, 0.29) is 5.78 Å². The average Bonchev–Trinajstić information content (AvgIpc) is 2.18. The number of carbonyl (C=O) groups excluding carboxylic acids is 1. The van der Waals surface area contributed by atoms with Crippen LogP contribution in [-0.4, -0.2) is 16.8 Å². The summed E-state index contributed by atoms with van der Waals surface area (Å²) in [5, 5.41) is 1.36. The fraction of sp³-hybridized carbons (Fsp3) is 0.364. The minimum absolute atomic E-state index is 0.0901. The number of rotatable bonds is 4. The highest BCUT2D eigenvalue weighted by atomic mass is 35.5. The van der Waals surface area contributed by atoms with Gasteiger partial charge in [0.2, 0.25) is 0 Å². The smallest absolute Gasteiger partial charge is 0.172 e. The molecule has 0 amide bonds. The van der Waals surface area contributed by atoms with E-state index in [0.717, 1.165) is 0 Å². The lowest BCUT2D eigenvalue weighted by atomic mass is 10.1. The standard InChI is InChI=1S/C11H12Cl2OS/c1-7(2)15-6-11(14)8-3-4-9(12)10(13)5-8/h3-5,7H,6H2,1-2H3. The molecule has 1 rings (SSSR count). The van der Waals surface area contributed by atoms with Crippen LogP contribution >= 0.6 is 35.0 Å². The summed E-state index contributed by atoms with van der Waals surface area (Å²) in [7, 11) is 0. The van der Waals surface area contributed by atoms with Gasteiger partial charge in [0.05, 0.1) is 15.8 Å². The van der Waals surface area contributed by atoms with E-state index in [1.807, 2.05) is 0 Å². The molecule has 0 unspecified atom stereocenters. The van der Waals surface area contributed by atoms with Crippen LogP contribution in [0.15, 0.2) is 18.2 Å². The lowest BCUT2D eigenvalue weighted by Crippen LogP contribution is -2.04. The monoisotopic (exact) mass is 262 g/mol. The first-order valence-corrected chi connectivity index (χ1v) is 6.41. The van der Waals surface area contributed by atoms with Gasteiger partial charge >= 0.3 is 0 Å².